The van der Waals surface area contributed by atoms with Gasteiger partial charge in [-0.1, -0.05) is 53.2 Å². The van der Waals surface area contributed by atoms with Crippen LogP contribution in [0.5, 0.6) is 0 Å². The maximum Gasteiger partial charge on any atom is 0.208 e. The Morgan fingerprint density at radius 1 is 1.07 bits per heavy atom. The van der Waals surface area contributed by atoms with Crippen LogP contribution in [0.2, 0.25) is 5.02 Å². The average molecular weight is 437 g/mol. The molecule has 0 aliphatic carbocycles. The van der Waals surface area contributed by atoms with Gasteiger partial charge in [0.25, 0.3) is 0 Å². The molecule has 0 saturated carbocycles. The number of sulfonamides is 1. The quantitative estimate of drug-likeness (QED) is 0.427. The molecule has 0 amide bonds. The van der Waals surface area contributed by atoms with E-state index in [1.165, 1.54) is 17.3 Å². The molecule has 1 aromatic heterocycles. The Labute approximate surface area is 174 Å². The molecule has 0 bridgehead atoms. The molecule has 6 nitrogen and oxygen atoms in total. The number of halogens is 1. The van der Waals surface area contributed by atoms with Crippen LogP contribution in [-0.4, -0.2) is 41.7 Å². The largest absolute Gasteiger partial charge is 0.270 e. The monoisotopic (exact) mass is 436 g/mol. The molecule has 0 atom stereocenters. The number of aryl methyl sites for hydroxylation is 1. The minimum atomic E-state index is -3.16. The highest BCUT2D eigenvalue weighted by atomic mass is 35.5. The molecular formula is C19H21ClN4O2S2. The second kappa shape index (κ2) is 9.09. The molecule has 2 aromatic carbocycles. The minimum absolute atomic E-state index is 0.395. The first-order chi connectivity index (χ1) is 13.3. The van der Waals surface area contributed by atoms with Gasteiger partial charge in [-0.15, -0.1) is 10.2 Å². The van der Waals surface area contributed by atoms with E-state index in [0.29, 0.717) is 23.7 Å². The first-order valence-corrected chi connectivity index (χ1v) is 11.9. The van der Waals surface area contributed by atoms with E-state index in [1.54, 1.807) is 0 Å². The molecular weight excluding hydrogens is 416 g/mol. The van der Waals surface area contributed by atoms with Crippen LogP contribution in [0.1, 0.15) is 12.0 Å². The Bertz CT molecular complexity index is 1030. The normalized spacial score (nSPS) is 11.7. The number of aromatic nitrogens is 3. The van der Waals surface area contributed by atoms with Crippen molar-refractivity contribution in [2.45, 2.75) is 18.5 Å². The van der Waals surface area contributed by atoms with Crippen molar-refractivity contribution >= 4 is 33.4 Å². The fourth-order valence-corrected chi connectivity index (χ4v) is 4.10. The third-order valence-corrected chi connectivity index (χ3v) is 5.94. The van der Waals surface area contributed by atoms with E-state index in [2.05, 4.69) is 14.9 Å². The van der Waals surface area contributed by atoms with E-state index in [0.717, 1.165) is 28.5 Å². The van der Waals surface area contributed by atoms with Gasteiger partial charge in [0.2, 0.25) is 10.0 Å². The van der Waals surface area contributed by atoms with Crippen molar-refractivity contribution in [3.05, 3.63) is 59.1 Å². The van der Waals surface area contributed by atoms with Gasteiger partial charge >= 0.3 is 0 Å². The van der Waals surface area contributed by atoms with Crippen molar-refractivity contribution in [3.63, 3.8) is 0 Å². The van der Waals surface area contributed by atoms with Crippen molar-refractivity contribution < 1.29 is 8.42 Å². The van der Waals surface area contributed by atoms with Crippen molar-refractivity contribution in [1.82, 2.24) is 19.5 Å². The number of thioether (sulfide) groups is 1. The van der Waals surface area contributed by atoms with Crippen molar-refractivity contribution in [1.29, 1.82) is 0 Å². The molecule has 0 unspecified atom stereocenters. The Morgan fingerprint density at radius 3 is 2.39 bits per heavy atom. The maximum absolute atomic E-state index is 11.2. The second-order valence-corrected chi connectivity index (χ2v) is 9.68. The number of benzene rings is 2. The Kier molecular flexibility index (Phi) is 6.77. The third-order valence-electron chi connectivity index (χ3n) is 3.94. The van der Waals surface area contributed by atoms with E-state index in [1.807, 2.05) is 60.0 Å². The molecule has 9 heteroatoms. The number of rotatable bonds is 8. The average Bonchev–Trinajstić information content (AvgIpc) is 3.05. The summed E-state index contributed by atoms with van der Waals surface area (Å²) in [6.07, 6.45) is 1.84. The minimum Gasteiger partial charge on any atom is -0.270 e. The standard InChI is InChI=1S/C19H21ClN4O2S2/c1-14-4-6-15(7-5-14)18-22-23-19(27-13-3-12-21-28(2,25)26)24(18)17-10-8-16(20)9-11-17/h4-11,21H,3,12-13H2,1-2H3. The lowest BCUT2D eigenvalue weighted by Gasteiger charge is -2.11. The van der Waals surface area contributed by atoms with Crippen LogP contribution in [0, 0.1) is 6.92 Å². The van der Waals surface area contributed by atoms with Gasteiger partial charge in [0.15, 0.2) is 11.0 Å². The van der Waals surface area contributed by atoms with Gasteiger partial charge in [-0.2, -0.15) is 0 Å². The Hall–Kier alpha value is -1.87. The van der Waals surface area contributed by atoms with Crippen LogP contribution in [0.3, 0.4) is 0 Å². The molecule has 0 spiro atoms. The van der Waals surface area contributed by atoms with Crippen LogP contribution in [-0.2, 0) is 10.0 Å². The number of nitrogens with one attached hydrogen (secondary N) is 1. The van der Waals surface area contributed by atoms with Crippen LogP contribution < -0.4 is 4.72 Å². The predicted molar refractivity (Wildman–Crippen MR) is 115 cm³/mol. The lowest BCUT2D eigenvalue weighted by atomic mass is 10.1. The molecule has 1 heterocycles. The smallest absolute Gasteiger partial charge is 0.208 e. The Balaban J connectivity index is 1.85. The summed E-state index contributed by atoms with van der Waals surface area (Å²) in [5, 5.41) is 10.2. The van der Waals surface area contributed by atoms with Crippen LogP contribution in [0.15, 0.2) is 53.7 Å². The molecule has 28 heavy (non-hydrogen) atoms. The van der Waals surface area contributed by atoms with Gasteiger partial charge in [-0.3, -0.25) is 4.57 Å². The predicted octanol–water partition coefficient (Wildman–Crippen LogP) is 3.93. The number of nitrogens with zero attached hydrogens (tertiary/aromatic N) is 3. The molecule has 3 aromatic rings. The SMILES string of the molecule is Cc1ccc(-c2nnc(SCCCNS(C)(=O)=O)n2-c2ccc(Cl)cc2)cc1. The van der Waals surface area contributed by atoms with E-state index >= 15 is 0 Å². The first kappa shape index (κ1) is 20.9. The molecule has 3 rings (SSSR count). The van der Waals surface area contributed by atoms with Gasteiger partial charge in [-0.05, 0) is 37.6 Å². The summed E-state index contributed by atoms with van der Waals surface area (Å²) in [5.41, 5.74) is 3.06. The van der Waals surface area contributed by atoms with Crippen molar-refractivity contribution in [3.8, 4) is 17.1 Å². The lowest BCUT2D eigenvalue weighted by Crippen LogP contribution is -2.23. The summed E-state index contributed by atoms with van der Waals surface area (Å²) in [4.78, 5) is 0. The van der Waals surface area contributed by atoms with Gasteiger partial charge in [0, 0.05) is 28.6 Å². The molecule has 0 fully saturated rings. The van der Waals surface area contributed by atoms with Gasteiger partial charge in [0.1, 0.15) is 0 Å². The molecule has 0 aliphatic rings. The highest BCUT2D eigenvalue weighted by Gasteiger charge is 2.16. The van der Waals surface area contributed by atoms with Crippen LogP contribution in [0.25, 0.3) is 17.1 Å². The van der Waals surface area contributed by atoms with Crippen LogP contribution in [0.4, 0.5) is 0 Å². The maximum atomic E-state index is 11.2. The summed E-state index contributed by atoms with van der Waals surface area (Å²) < 4.78 is 26.8. The lowest BCUT2D eigenvalue weighted by molar-refractivity contribution is 0.587. The summed E-state index contributed by atoms with van der Waals surface area (Å²) in [6.45, 7) is 2.44. The summed E-state index contributed by atoms with van der Waals surface area (Å²) in [7, 11) is -3.16. The van der Waals surface area contributed by atoms with Crippen molar-refractivity contribution in [2.75, 3.05) is 18.6 Å². The van der Waals surface area contributed by atoms with Gasteiger partial charge in [0.05, 0.1) is 6.26 Å². The van der Waals surface area contributed by atoms with Gasteiger partial charge in [-0.25, -0.2) is 13.1 Å². The van der Waals surface area contributed by atoms with Crippen molar-refractivity contribution in [2.24, 2.45) is 0 Å². The zero-order valence-electron chi connectivity index (χ0n) is 15.6. The molecule has 148 valence electrons. The highest BCUT2D eigenvalue weighted by molar-refractivity contribution is 7.99. The van der Waals surface area contributed by atoms with E-state index in [4.69, 9.17) is 11.6 Å². The van der Waals surface area contributed by atoms with E-state index in [9.17, 15) is 8.42 Å². The summed E-state index contributed by atoms with van der Waals surface area (Å²) in [6, 6.07) is 15.7. The number of hydrogen-bond donors (Lipinski definition) is 1. The zero-order chi connectivity index (χ0) is 20.1. The van der Waals surface area contributed by atoms with E-state index in [-0.39, 0.29) is 0 Å². The topological polar surface area (TPSA) is 76.9 Å². The summed E-state index contributed by atoms with van der Waals surface area (Å²) in [5.74, 6) is 1.46. The molecule has 0 aliphatic heterocycles. The third kappa shape index (κ3) is 5.57. The zero-order valence-corrected chi connectivity index (χ0v) is 18.0. The van der Waals surface area contributed by atoms with E-state index < -0.39 is 10.0 Å². The fourth-order valence-electron chi connectivity index (χ4n) is 2.57. The summed E-state index contributed by atoms with van der Waals surface area (Å²) >= 11 is 7.58. The first-order valence-electron chi connectivity index (χ1n) is 8.69. The fraction of sp³-hybridized carbons (Fsp3) is 0.263. The molecule has 0 radical (unpaired) electrons. The highest BCUT2D eigenvalue weighted by Crippen LogP contribution is 2.29. The van der Waals surface area contributed by atoms with Gasteiger partial charge < -0.3 is 0 Å². The Morgan fingerprint density at radius 2 is 1.75 bits per heavy atom. The number of hydrogen-bond acceptors (Lipinski definition) is 5. The second-order valence-electron chi connectivity index (χ2n) is 6.35. The van der Waals surface area contributed by atoms with Crippen LogP contribution >= 0.6 is 23.4 Å². The molecule has 0 saturated heterocycles. The molecule has 1 N–H and O–H groups in total.